The van der Waals surface area contributed by atoms with Crippen molar-refractivity contribution < 1.29 is 29.3 Å². The number of hydrogen-bond donors (Lipinski definition) is 2. The van der Waals surface area contributed by atoms with Crippen LogP contribution < -0.4 is 0 Å². The van der Waals surface area contributed by atoms with E-state index in [0.29, 0.717) is 30.0 Å². The van der Waals surface area contributed by atoms with Gasteiger partial charge in [0.2, 0.25) is 0 Å². The van der Waals surface area contributed by atoms with Crippen LogP contribution in [0.15, 0.2) is 11.6 Å². The van der Waals surface area contributed by atoms with Crippen molar-refractivity contribution in [2.24, 2.45) is 34.5 Å². The number of carbonyl (C=O) groups excluding carboxylic acids is 2. The largest absolute Gasteiger partial charge is 0.347 e. The Kier molecular flexibility index (Phi) is 6.23. The van der Waals surface area contributed by atoms with Crippen LogP contribution in [-0.4, -0.2) is 41.2 Å². The quantitative estimate of drug-likeness (QED) is 0.468. The van der Waals surface area contributed by atoms with Crippen molar-refractivity contribution in [2.45, 2.75) is 84.5 Å². The highest BCUT2D eigenvalue weighted by Gasteiger charge is 2.60. The van der Waals surface area contributed by atoms with Crippen molar-refractivity contribution in [3.63, 3.8) is 0 Å². The molecule has 0 aliphatic heterocycles. The fraction of sp³-hybridized carbons (Fsp3) is 0.840. The van der Waals surface area contributed by atoms with Gasteiger partial charge in [-0.15, -0.1) is 0 Å². The number of Topliss-reactive ketones (excluding diaryl/α,β-unsaturated/α-hetero) is 1. The van der Waals surface area contributed by atoms with E-state index in [4.69, 9.17) is 9.47 Å². The van der Waals surface area contributed by atoms with Crippen LogP contribution in [0.25, 0.3) is 0 Å². The van der Waals surface area contributed by atoms with E-state index in [9.17, 15) is 19.8 Å². The highest BCUT2D eigenvalue weighted by molar-refractivity contribution is 5.91. The molecule has 0 amide bonds. The minimum atomic E-state index is -2.21. The van der Waals surface area contributed by atoms with Crippen molar-refractivity contribution in [3.05, 3.63) is 11.6 Å². The molecule has 6 nitrogen and oxygen atoms in total. The van der Waals surface area contributed by atoms with Crippen molar-refractivity contribution >= 4 is 11.6 Å². The molecule has 3 saturated carbocycles. The first-order valence-electron chi connectivity index (χ1n) is 12.0. The highest BCUT2D eigenvalue weighted by atomic mass is 16.8. The standard InChI is InChI=1S/C25H38O6/c1-4-25(28,29)31-15-30-14-22(27)21-8-7-19-18-6-5-16-13-17(26)9-11-23(16,2)20(18)10-12-24(19,21)3/h13,18-21,28-29H,4-12,14-15H2,1-3H3/t18-,19-,20-,21+,23-,24-/m0/s1. The predicted molar refractivity (Wildman–Crippen MR) is 115 cm³/mol. The van der Waals surface area contributed by atoms with Gasteiger partial charge < -0.3 is 19.7 Å². The van der Waals surface area contributed by atoms with Gasteiger partial charge in [0.05, 0.1) is 0 Å². The molecule has 6 atom stereocenters. The lowest BCUT2D eigenvalue weighted by Gasteiger charge is -2.58. The Bertz CT molecular complexity index is 757. The van der Waals surface area contributed by atoms with Crippen molar-refractivity contribution in [1.29, 1.82) is 0 Å². The van der Waals surface area contributed by atoms with Gasteiger partial charge in [0.15, 0.2) is 18.4 Å². The van der Waals surface area contributed by atoms with Crippen molar-refractivity contribution in [2.75, 3.05) is 13.4 Å². The molecular formula is C25H38O6. The Morgan fingerprint density at radius 2 is 1.90 bits per heavy atom. The fourth-order valence-corrected chi connectivity index (χ4v) is 7.57. The van der Waals surface area contributed by atoms with Gasteiger partial charge in [-0.2, -0.15) is 0 Å². The molecule has 4 aliphatic rings. The van der Waals surface area contributed by atoms with E-state index in [2.05, 4.69) is 13.8 Å². The van der Waals surface area contributed by atoms with Crippen LogP contribution in [0.2, 0.25) is 0 Å². The number of fused-ring (bicyclic) bond motifs is 5. The summed E-state index contributed by atoms with van der Waals surface area (Å²) in [7, 11) is 0. The summed E-state index contributed by atoms with van der Waals surface area (Å²) in [5, 5.41) is 18.9. The molecule has 31 heavy (non-hydrogen) atoms. The van der Waals surface area contributed by atoms with Gasteiger partial charge in [-0.1, -0.05) is 26.3 Å². The van der Waals surface area contributed by atoms with E-state index in [1.54, 1.807) is 6.92 Å². The third kappa shape index (κ3) is 4.05. The molecule has 3 fully saturated rings. The molecule has 0 spiro atoms. The molecule has 4 aliphatic carbocycles. The first kappa shape index (κ1) is 23.1. The Labute approximate surface area is 185 Å². The predicted octanol–water partition coefficient (Wildman–Crippen LogP) is 3.74. The number of ketones is 2. The summed E-state index contributed by atoms with van der Waals surface area (Å²) >= 11 is 0. The molecule has 2 N–H and O–H groups in total. The van der Waals surface area contributed by atoms with E-state index in [0.717, 1.165) is 44.9 Å². The van der Waals surface area contributed by atoms with Crippen LogP contribution in [0.1, 0.15) is 78.6 Å². The Hall–Kier alpha value is -1.08. The molecule has 0 saturated heterocycles. The van der Waals surface area contributed by atoms with E-state index in [-0.39, 0.29) is 42.4 Å². The van der Waals surface area contributed by atoms with E-state index in [1.165, 1.54) is 5.57 Å². The van der Waals surface area contributed by atoms with Gasteiger partial charge >= 0.3 is 0 Å². The smallest absolute Gasteiger partial charge is 0.279 e. The van der Waals surface area contributed by atoms with Crippen LogP contribution in [0, 0.1) is 34.5 Å². The fourth-order valence-electron chi connectivity index (χ4n) is 7.57. The maximum absolute atomic E-state index is 13.0. The van der Waals surface area contributed by atoms with E-state index in [1.807, 2.05) is 6.08 Å². The van der Waals surface area contributed by atoms with Gasteiger partial charge in [0, 0.05) is 18.8 Å². The third-order valence-corrected chi connectivity index (χ3v) is 9.43. The normalized spacial score (nSPS) is 40.0. The summed E-state index contributed by atoms with van der Waals surface area (Å²) < 4.78 is 10.2. The molecule has 174 valence electrons. The van der Waals surface area contributed by atoms with Crippen molar-refractivity contribution in [3.8, 4) is 0 Å². The maximum Gasteiger partial charge on any atom is 0.279 e. The molecule has 0 aromatic carbocycles. The number of aliphatic hydroxyl groups is 2. The number of carbonyl (C=O) groups is 2. The number of hydrogen-bond acceptors (Lipinski definition) is 6. The minimum absolute atomic E-state index is 0.00434. The van der Waals surface area contributed by atoms with Gasteiger partial charge in [0.1, 0.15) is 6.61 Å². The monoisotopic (exact) mass is 434 g/mol. The lowest BCUT2D eigenvalue weighted by Crippen LogP contribution is -2.51. The van der Waals surface area contributed by atoms with E-state index < -0.39 is 5.97 Å². The summed E-state index contributed by atoms with van der Waals surface area (Å²) in [6, 6.07) is 0. The zero-order valence-corrected chi connectivity index (χ0v) is 19.2. The molecule has 0 radical (unpaired) electrons. The van der Waals surface area contributed by atoms with Crippen LogP contribution >= 0.6 is 0 Å². The Balaban J connectivity index is 1.41. The average molecular weight is 435 g/mol. The van der Waals surface area contributed by atoms with Crippen LogP contribution in [-0.2, 0) is 19.1 Å². The number of rotatable bonds is 7. The molecule has 0 aromatic rings. The number of ether oxygens (including phenoxy) is 2. The first-order chi connectivity index (χ1) is 14.6. The topological polar surface area (TPSA) is 93.1 Å². The van der Waals surface area contributed by atoms with Crippen LogP contribution in [0.3, 0.4) is 0 Å². The number of allylic oxidation sites excluding steroid dienone is 1. The molecule has 4 rings (SSSR count). The second kappa shape index (κ2) is 8.36. The van der Waals surface area contributed by atoms with E-state index >= 15 is 0 Å². The van der Waals surface area contributed by atoms with Gasteiger partial charge in [-0.3, -0.25) is 9.59 Å². The molecular weight excluding hydrogens is 396 g/mol. The van der Waals surface area contributed by atoms with Gasteiger partial charge in [-0.05, 0) is 79.6 Å². The second-order valence-corrected chi connectivity index (χ2v) is 10.8. The van der Waals surface area contributed by atoms with Crippen LogP contribution in [0.4, 0.5) is 0 Å². The molecule has 0 heterocycles. The lowest BCUT2D eigenvalue weighted by atomic mass is 9.46. The van der Waals surface area contributed by atoms with Gasteiger partial charge in [-0.25, -0.2) is 0 Å². The third-order valence-electron chi connectivity index (χ3n) is 9.43. The summed E-state index contributed by atoms with van der Waals surface area (Å²) in [5.74, 6) is -0.0134. The van der Waals surface area contributed by atoms with Crippen LogP contribution in [0.5, 0.6) is 0 Å². The zero-order valence-electron chi connectivity index (χ0n) is 19.2. The highest BCUT2D eigenvalue weighted by Crippen LogP contribution is 2.66. The summed E-state index contributed by atoms with van der Waals surface area (Å²) in [6.07, 6.45) is 9.96. The Morgan fingerprint density at radius 3 is 2.65 bits per heavy atom. The average Bonchev–Trinajstić information content (AvgIpc) is 3.09. The summed E-state index contributed by atoms with van der Waals surface area (Å²) in [4.78, 5) is 25.0. The molecule has 0 unspecified atom stereocenters. The second-order valence-electron chi connectivity index (χ2n) is 10.8. The zero-order chi connectivity index (χ0) is 22.4. The lowest BCUT2D eigenvalue weighted by molar-refractivity contribution is -0.360. The van der Waals surface area contributed by atoms with Crippen molar-refractivity contribution in [1.82, 2.24) is 0 Å². The Morgan fingerprint density at radius 1 is 1.13 bits per heavy atom. The first-order valence-corrected chi connectivity index (χ1v) is 12.0. The molecule has 0 bridgehead atoms. The summed E-state index contributed by atoms with van der Waals surface area (Å²) in [6.45, 7) is 5.93. The summed E-state index contributed by atoms with van der Waals surface area (Å²) in [5.41, 5.74) is 1.54. The maximum atomic E-state index is 13.0. The molecule has 6 heteroatoms. The van der Waals surface area contributed by atoms with Gasteiger partial charge in [0.25, 0.3) is 5.97 Å². The minimum Gasteiger partial charge on any atom is -0.347 e. The molecule has 0 aromatic heterocycles. The SMILES string of the molecule is CCC(O)(O)OCOCC(=O)[C@H]1CC[C@H]2[C@@H]3CCC4=CC(=O)CC[C@]4(C)[C@H]3CC[C@]12C.